The fraction of sp³-hybridized carbons (Fsp3) is 0.143. The molecule has 0 spiro atoms. The topological polar surface area (TPSA) is 32.3 Å². The van der Waals surface area contributed by atoms with Crippen LogP contribution in [-0.2, 0) is 0 Å². The summed E-state index contributed by atoms with van der Waals surface area (Å²) in [5.41, 5.74) is 1.42. The van der Waals surface area contributed by atoms with Crippen molar-refractivity contribution < 1.29 is 9.50 Å². The maximum absolute atomic E-state index is 13.1. The van der Waals surface area contributed by atoms with Crippen LogP contribution in [0.1, 0.15) is 11.7 Å². The van der Waals surface area contributed by atoms with E-state index < -0.39 is 6.10 Å². The molecule has 2 aromatic rings. The summed E-state index contributed by atoms with van der Waals surface area (Å²) < 4.78 is 14.8. The predicted octanol–water partition coefficient (Wildman–Crippen LogP) is 4.50. The van der Waals surface area contributed by atoms with E-state index in [0.29, 0.717) is 12.2 Å². The molecule has 0 heterocycles. The van der Waals surface area contributed by atoms with Crippen molar-refractivity contribution in [3.8, 4) is 0 Å². The van der Waals surface area contributed by atoms with Gasteiger partial charge in [-0.3, -0.25) is 0 Å². The average molecular weight is 389 g/mol. The first kappa shape index (κ1) is 14.5. The normalized spacial score (nSPS) is 12.2. The lowest BCUT2D eigenvalue weighted by molar-refractivity contribution is 0.191. The molecule has 0 saturated heterocycles. The van der Waals surface area contributed by atoms with E-state index in [2.05, 4.69) is 37.2 Å². The molecule has 0 aliphatic heterocycles. The first-order valence-electron chi connectivity index (χ1n) is 5.69. The summed E-state index contributed by atoms with van der Waals surface area (Å²) in [4.78, 5) is 0. The molecule has 5 heteroatoms. The summed E-state index contributed by atoms with van der Waals surface area (Å²) in [6.45, 7) is 0.304. The number of halogens is 3. The van der Waals surface area contributed by atoms with Crippen molar-refractivity contribution in [1.29, 1.82) is 0 Å². The molecule has 0 aliphatic carbocycles. The Bertz CT molecular complexity index is 577. The van der Waals surface area contributed by atoms with E-state index in [1.807, 2.05) is 24.3 Å². The fourth-order valence-electron chi connectivity index (χ4n) is 1.67. The summed E-state index contributed by atoms with van der Waals surface area (Å²) in [6.07, 6.45) is -0.660. The van der Waals surface area contributed by atoms with Gasteiger partial charge in [0.15, 0.2) is 0 Å². The second-order valence-electron chi connectivity index (χ2n) is 4.08. The van der Waals surface area contributed by atoms with E-state index in [-0.39, 0.29) is 5.82 Å². The van der Waals surface area contributed by atoms with Crippen LogP contribution in [0, 0.1) is 5.82 Å². The highest BCUT2D eigenvalue weighted by Gasteiger charge is 2.09. The summed E-state index contributed by atoms with van der Waals surface area (Å²) in [5, 5.41) is 13.1. The Balaban J connectivity index is 2.04. The van der Waals surface area contributed by atoms with E-state index in [1.54, 1.807) is 6.07 Å². The van der Waals surface area contributed by atoms with Gasteiger partial charge in [0.25, 0.3) is 0 Å². The Morgan fingerprint density at radius 2 is 1.95 bits per heavy atom. The number of anilines is 1. The molecule has 0 saturated carbocycles. The van der Waals surface area contributed by atoms with Gasteiger partial charge >= 0.3 is 0 Å². The Labute approximate surface area is 127 Å². The van der Waals surface area contributed by atoms with Gasteiger partial charge in [0.2, 0.25) is 0 Å². The van der Waals surface area contributed by atoms with Gasteiger partial charge in [-0.2, -0.15) is 0 Å². The number of benzene rings is 2. The monoisotopic (exact) mass is 387 g/mol. The lowest BCUT2D eigenvalue weighted by Crippen LogP contribution is -2.12. The molecule has 2 rings (SSSR count). The lowest BCUT2D eigenvalue weighted by atomic mass is 10.1. The van der Waals surface area contributed by atoms with Crippen LogP contribution in [0.25, 0.3) is 0 Å². The highest BCUT2D eigenvalue weighted by molar-refractivity contribution is 9.10. The van der Waals surface area contributed by atoms with Crippen molar-refractivity contribution in [3.63, 3.8) is 0 Å². The van der Waals surface area contributed by atoms with Crippen LogP contribution in [-0.4, -0.2) is 11.7 Å². The van der Waals surface area contributed by atoms with Crippen molar-refractivity contribution in [2.45, 2.75) is 6.10 Å². The molecule has 0 aliphatic rings. The Morgan fingerprint density at radius 3 is 2.68 bits per heavy atom. The first-order valence-corrected chi connectivity index (χ1v) is 7.27. The van der Waals surface area contributed by atoms with Gasteiger partial charge in [-0.15, -0.1) is 0 Å². The predicted molar refractivity (Wildman–Crippen MR) is 81.7 cm³/mol. The van der Waals surface area contributed by atoms with Gasteiger partial charge in [0, 0.05) is 15.5 Å². The summed E-state index contributed by atoms with van der Waals surface area (Å²) in [6, 6.07) is 11.8. The van der Waals surface area contributed by atoms with Gasteiger partial charge < -0.3 is 10.4 Å². The average Bonchev–Trinajstić information content (AvgIpc) is 2.39. The Morgan fingerprint density at radius 1 is 1.16 bits per heavy atom. The third kappa shape index (κ3) is 4.03. The SMILES string of the molecule is OC(CNc1cc(F)ccc1Br)c1cccc(Br)c1. The van der Waals surface area contributed by atoms with Crippen molar-refractivity contribution in [2.24, 2.45) is 0 Å². The standard InChI is InChI=1S/C14H12Br2FNO/c15-10-3-1-2-9(6-10)14(19)8-18-13-7-11(17)4-5-12(13)16/h1-7,14,18-19H,8H2. The minimum Gasteiger partial charge on any atom is -0.387 e. The number of hydrogen-bond acceptors (Lipinski definition) is 2. The zero-order chi connectivity index (χ0) is 13.8. The van der Waals surface area contributed by atoms with Crippen LogP contribution >= 0.6 is 31.9 Å². The third-order valence-corrected chi connectivity index (χ3v) is 3.83. The minimum atomic E-state index is -0.660. The molecule has 1 atom stereocenters. The number of aliphatic hydroxyl groups excluding tert-OH is 1. The number of hydrogen-bond donors (Lipinski definition) is 2. The molecule has 2 nitrogen and oxygen atoms in total. The maximum Gasteiger partial charge on any atom is 0.125 e. The molecule has 1 unspecified atom stereocenters. The fourth-order valence-corrected chi connectivity index (χ4v) is 2.48. The summed E-state index contributed by atoms with van der Waals surface area (Å²) in [7, 11) is 0. The smallest absolute Gasteiger partial charge is 0.125 e. The first-order chi connectivity index (χ1) is 9.06. The summed E-state index contributed by atoms with van der Waals surface area (Å²) in [5.74, 6) is -0.317. The molecule has 0 aromatic heterocycles. The molecule has 0 amide bonds. The number of rotatable bonds is 4. The molecular weight excluding hydrogens is 377 g/mol. The highest BCUT2D eigenvalue weighted by Crippen LogP contribution is 2.24. The minimum absolute atomic E-state index is 0.304. The molecule has 0 fully saturated rings. The maximum atomic E-state index is 13.1. The Kier molecular flexibility index (Phi) is 4.96. The van der Waals surface area contributed by atoms with Crippen LogP contribution in [0.4, 0.5) is 10.1 Å². The zero-order valence-corrected chi connectivity index (χ0v) is 13.1. The lowest BCUT2D eigenvalue weighted by Gasteiger charge is -2.14. The van der Waals surface area contributed by atoms with Crippen LogP contribution in [0.15, 0.2) is 51.4 Å². The van der Waals surface area contributed by atoms with Crippen molar-refractivity contribution in [3.05, 3.63) is 62.8 Å². The second kappa shape index (κ2) is 6.50. The zero-order valence-electron chi connectivity index (χ0n) is 9.91. The van der Waals surface area contributed by atoms with E-state index in [4.69, 9.17) is 0 Å². The van der Waals surface area contributed by atoms with Gasteiger partial charge in [-0.1, -0.05) is 28.1 Å². The van der Waals surface area contributed by atoms with E-state index in [9.17, 15) is 9.50 Å². The largest absolute Gasteiger partial charge is 0.387 e. The van der Waals surface area contributed by atoms with Crippen molar-refractivity contribution in [1.82, 2.24) is 0 Å². The molecule has 2 N–H and O–H groups in total. The van der Waals surface area contributed by atoms with Gasteiger partial charge in [-0.05, 0) is 51.8 Å². The second-order valence-corrected chi connectivity index (χ2v) is 5.85. The molecule has 0 radical (unpaired) electrons. The van der Waals surface area contributed by atoms with Crippen molar-refractivity contribution >= 4 is 37.5 Å². The molecule has 100 valence electrons. The molecule has 2 aromatic carbocycles. The van der Waals surface area contributed by atoms with Crippen LogP contribution in [0.5, 0.6) is 0 Å². The number of aliphatic hydroxyl groups is 1. The van der Waals surface area contributed by atoms with Gasteiger partial charge in [0.05, 0.1) is 11.8 Å². The van der Waals surface area contributed by atoms with Crippen molar-refractivity contribution in [2.75, 3.05) is 11.9 Å². The van der Waals surface area contributed by atoms with Gasteiger partial charge in [-0.25, -0.2) is 4.39 Å². The van der Waals surface area contributed by atoms with E-state index in [0.717, 1.165) is 14.5 Å². The summed E-state index contributed by atoms with van der Waals surface area (Å²) >= 11 is 6.69. The van der Waals surface area contributed by atoms with E-state index in [1.165, 1.54) is 12.1 Å². The highest BCUT2D eigenvalue weighted by atomic mass is 79.9. The van der Waals surface area contributed by atoms with Crippen LogP contribution in [0.3, 0.4) is 0 Å². The van der Waals surface area contributed by atoms with Gasteiger partial charge in [0.1, 0.15) is 5.82 Å². The molecular formula is C14H12Br2FNO. The van der Waals surface area contributed by atoms with Crippen LogP contribution in [0.2, 0.25) is 0 Å². The molecule has 0 bridgehead atoms. The third-order valence-electron chi connectivity index (χ3n) is 2.65. The van der Waals surface area contributed by atoms with Crippen LogP contribution < -0.4 is 5.32 Å². The Hall–Kier alpha value is -0.910. The quantitative estimate of drug-likeness (QED) is 0.808. The van der Waals surface area contributed by atoms with E-state index >= 15 is 0 Å². The molecule has 19 heavy (non-hydrogen) atoms. The number of nitrogens with one attached hydrogen (secondary N) is 1.